The lowest BCUT2D eigenvalue weighted by molar-refractivity contribution is 0.669. The first-order valence-electron chi connectivity index (χ1n) is 21.1. The smallest absolute Gasteiger partial charge is 0.164 e. The van der Waals surface area contributed by atoms with Crippen LogP contribution in [0.3, 0.4) is 0 Å². The van der Waals surface area contributed by atoms with Gasteiger partial charge in [0.05, 0.1) is 5.41 Å². The van der Waals surface area contributed by atoms with E-state index in [1.54, 1.807) is 0 Å². The van der Waals surface area contributed by atoms with Gasteiger partial charge in [-0.15, -0.1) is 0 Å². The van der Waals surface area contributed by atoms with Crippen LogP contribution in [0.5, 0.6) is 0 Å². The van der Waals surface area contributed by atoms with Gasteiger partial charge in [0, 0.05) is 27.5 Å². The summed E-state index contributed by atoms with van der Waals surface area (Å²) in [7, 11) is 0. The third kappa shape index (κ3) is 4.92. The van der Waals surface area contributed by atoms with E-state index in [0.29, 0.717) is 17.5 Å². The number of furan rings is 1. The summed E-state index contributed by atoms with van der Waals surface area (Å²) in [5.41, 5.74) is 18.9. The maximum Gasteiger partial charge on any atom is 0.164 e. The molecule has 4 heteroatoms. The maximum atomic E-state index is 6.23. The third-order valence-electron chi connectivity index (χ3n) is 13.0. The highest BCUT2D eigenvalue weighted by molar-refractivity contribution is 6.12. The van der Waals surface area contributed by atoms with Crippen LogP contribution in [0.4, 0.5) is 0 Å². The molecule has 0 unspecified atom stereocenters. The van der Waals surface area contributed by atoms with Crippen LogP contribution in [0.1, 0.15) is 22.3 Å². The lowest BCUT2D eigenvalue weighted by Gasteiger charge is -2.30. The second-order valence-electron chi connectivity index (χ2n) is 16.2. The summed E-state index contributed by atoms with van der Waals surface area (Å²) in [6.45, 7) is 0. The van der Waals surface area contributed by atoms with E-state index < -0.39 is 5.41 Å². The maximum absolute atomic E-state index is 6.23. The molecule has 0 bridgehead atoms. The van der Waals surface area contributed by atoms with Crippen molar-refractivity contribution >= 4 is 21.9 Å². The second-order valence-corrected chi connectivity index (χ2v) is 16.2. The zero-order chi connectivity index (χ0) is 40.8. The van der Waals surface area contributed by atoms with Crippen LogP contribution in [-0.4, -0.2) is 15.0 Å². The van der Waals surface area contributed by atoms with E-state index in [0.717, 1.165) is 60.9 Å². The molecule has 1 spiro atoms. The Balaban J connectivity index is 0.988. The summed E-state index contributed by atoms with van der Waals surface area (Å²) in [6, 6.07) is 75.5. The molecule has 0 radical (unpaired) electrons. The molecule has 9 aromatic carbocycles. The van der Waals surface area contributed by atoms with Crippen molar-refractivity contribution in [1.82, 2.24) is 15.0 Å². The molecule has 11 aromatic rings. The monoisotopic (exact) mass is 789 g/mol. The van der Waals surface area contributed by atoms with Gasteiger partial charge in [-0.25, -0.2) is 15.0 Å². The summed E-state index contributed by atoms with van der Waals surface area (Å²) in [4.78, 5) is 15.7. The number of para-hydroxylation sites is 1. The van der Waals surface area contributed by atoms with Gasteiger partial charge in [-0.2, -0.15) is 0 Å². The van der Waals surface area contributed by atoms with Crippen LogP contribution >= 0.6 is 0 Å². The van der Waals surface area contributed by atoms with Crippen molar-refractivity contribution < 1.29 is 4.42 Å². The molecule has 62 heavy (non-hydrogen) atoms. The highest BCUT2D eigenvalue weighted by Gasteiger charge is 2.52. The molecule has 0 fully saturated rings. The number of hydrogen-bond acceptors (Lipinski definition) is 4. The minimum Gasteiger partial charge on any atom is -0.456 e. The summed E-state index contributed by atoms with van der Waals surface area (Å²) in [5, 5.41) is 2.22. The Morgan fingerprint density at radius 1 is 0.290 bits per heavy atom. The molecule has 2 aliphatic rings. The Bertz CT molecular complexity index is 3540. The van der Waals surface area contributed by atoms with Gasteiger partial charge in [0.2, 0.25) is 0 Å². The molecule has 0 N–H and O–H groups in total. The molecule has 4 nitrogen and oxygen atoms in total. The average Bonchev–Trinajstić information content (AvgIpc) is 3.99. The van der Waals surface area contributed by atoms with E-state index in [2.05, 4.69) is 176 Å². The van der Waals surface area contributed by atoms with Gasteiger partial charge in [0.25, 0.3) is 0 Å². The van der Waals surface area contributed by atoms with Crippen molar-refractivity contribution in [3.8, 4) is 78.7 Å². The summed E-state index contributed by atoms with van der Waals surface area (Å²) >= 11 is 0. The summed E-state index contributed by atoms with van der Waals surface area (Å²) < 4.78 is 6.23. The zero-order valence-corrected chi connectivity index (χ0v) is 33.5. The van der Waals surface area contributed by atoms with Crippen molar-refractivity contribution in [2.45, 2.75) is 5.41 Å². The zero-order valence-electron chi connectivity index (χ0n) is 33.5. The quantitative estimate of drug-likeness (QED) is 0.174. The Kier molecular flexibility index (Phi) is 7.49. The molecule has 0 aliphatic heterocycles. The van der Waals surface area contributed by atoms with E-state index >= 15 is 0 Å². The van der Waals surface area contributed by atoms with Crippen LogP contribution in [0, 0.1) is 0 Å². The SMILES string of the molecule is c1ccc(-c2nc(-c3ccc(-c4cccc5oc6ccccc6c45)cc3)nc(-c3ccccc3-c3cccc4c3-c3ccccc3C43c4ccccc4-c4ccccc43)n2)cc1. The Labute approximate surface area is 358 Å². The first-order chi connectivity index (χ1) is 30.8. The second kappa shape index (κ2) is 13.4. The van der Waals surface area contributed by atoms with Gasteiger partial charge < -0.3 is 4.42 Å². The highest BCUT2D eigenvalue weighted by atomic mass is 16.3. The molecule has 2 aliphatic carbocycles. The van der Waals surface area contributed by atoms with Crippen LogP contribution in [0.25, 0.3) is 101 Å². The number of fused-ring (bicyclic) bond motifs is 13. The standard InChI is InChI=1S/C58H35N3O/c1-2-16-37(17-3-1)55-59-56(38-34-32-36(33-35-38)39-24-15-31-52-54(39)46-23-9-13-30-51(46)62-52)61-57(60-55)44-21-5-4-18-40(44)43-25-14-29-50-53(43)45-22-8-12-28-49(45)58(50)47-26-10-6-19-41(47)42-20-7-11-27-48(42)58/h1-35H. The first kappa shape index (κ1) is 34.6. The molecule has 0 amide bonds. The molecular weight excluding hydrogens is 755 g/mol. The highest BCUT2D eigenvalue weighted by Crippen LogP contribution is 2.64. The van der Waals surface area contributed by atoms with Crippen molar-refractivity contribution in [2.24, 2.45) is 0 Å². The van der Waals surface area contributed by atoms with Gasteiger partial charge in [-0.3, -0.25) is 0 Å². The van der Waals surface area contributed by atoms with Crippen molar-refractivity contribution in [3.05, 3.63) is 235 Å². The minimum atomic E-state index is -0.437. The lowest BCUT2D eigenvalue weighted by Crippen LogP contribution is -2.25. The van der Waals surface area contributed by atoms with Crippen molar-refractivity contribution in [3.63, 3.8) is 0 Å². The summed E-state index contributed by atoms with van der Waals surface area (Å²) in [6.07, 6.45) is 0. The Morgan fingerprint density at radius 2 is 0.758 bits per heavy atom. The first-order valence-corrected chi connectivity index (χ1v) is 21.1. The molecule has 2 aromatic heterocycles. The topological polar surface area (TPSA) is 51.8 Å². The van der Waals surface area contributed by atoms with Crippen LogP contribution in [0.15, 0.2) is 217 Å². The summed E-state index contributed by atoms with van der Waals surface area (Å²) in [5.74, 6) is 1.86. The van der Waals surface area contributed by atoms with Gasteiger partial charge in [0.15, 0.2) is 17.5 Å². The molecule has 2 heterocycles. The number of hydrogen-bond donors (Lipinski definition) is 0. The Morgan fingerprint density at radius 3 is 1.48 bits per heavy atom. The van der Waals surface area contributed by atoms with E-state index in [9.17, 15) is 0 Å². The van der Waals surface area contributed by atoms with E-state index in [4.69, 9.17) is 19.4 Å². The number of benzene rings is 9. The van der Waals surface area contributed by atoms with Gasteiger partial charge in [-0.1, -0.05) is 200 Å². The molecule has 0 saturated carbocycles. The van der Waals surface area contributed by atoms with E-state index in [1.807, 2.05) is 36.4 Å². The third-order valence-corrected chi connectivity index (χ3v) is 13.0. The van der Waals surface area contributed by atoms with Crippen molar-refractivity contribution in [1.29, 1.82) is 0 Å². The van der Waals surface area contributed by atoms with Crippen LogP contribution in [0.2, 0.25) is 0 Å². The van der Waals surface area contributed by atoms with Crippen molar-refractivity contribution in [2.75, 3.05) is 0 Å². The van der Waals surface area contributed by atoms with Crippen LogP contribution in [-0.2, 0) is 5.41 Å². The number of rotatable bonds is 5. The fourth-order valence-electron chi connectivity index (χ4n) is 10.4. The fourth-order valence-corrected chi connectivity index (χ4v) is 10.4. The van der Waals surface area contributed by atoms with Gasteiger partial charge >= 0.3 is 0 Å². The predicted molar refractivity (Wildman–Crippen MR) is 251 cm³/mol. The molecule has 0 saturated heterocycles. The fraction of sp³-hybridized carbons (Fsp3) is 0.0172. The van der Waals surface area contributed by atoms with Crippen LogP contribution < -0.4 is 0 Å². The predicted octanol–water partition coefficient (Wildman–Crippen LogP) is 14.4. The van der Waals surface area contributed by atoms with Gasteiger partial charge in [0.1, 0.15) is 11.2 Å². The number of aromatic nitrogens is 3. The minimum absolute atomic E-state index is 0.437. The number of nitrogens with zero attached hydrogens (tertiary/aromatic N) is 3. The lowest BCUT2D eigenvalue weighted by atomic mass is 9.70. The Hall–Kier alpha value is -8.21. The molecule has 13 rings (SSSR count). The normalized spacial score (nSPS) is 13.0. The van der Waals surface area contributed by atoms with Gasteiger partial charge in [-0.05, 0) is 78.9 Å². The molecular formula is C58H35N3O. The molecule has 288 valence electrons. The van der Waals surface area contributed by atoms with E-state index in [-0.39, 0.29) is 0 Å². The molecule has 0 atom stereocenters. The largest absolute Gasteiger partial charge is 0.456 e. The van der Waals surface area contributed by atoms with E-state index in [1.165, 1.54) is 44.5 Å². The average molecular weight is 790 g/mol.